The molecule has 0 spiro atoms. The fourth-order valence-corrected chi connectivity index (χ4v) is 3.91. The van der Waals surface area contributed by atoms with Crippen LogP contribution >= 0.6 is 0 Å². The number of methoxy groups -OCH3 is 1. The molecule has 0 aromatic rings. The molecule has 2 fully saturated rings. The van der Waals surface area contributed by atoms with Crippen molar-refractivity contribution in [3.63, 3.8) is 0 Å². The molecule has 4 atom stereocenters. The molecule has 2 saturated carbocycles. The summed E-state index contributed by atoms with van der Waals surface area (Å²) in [6.07, 6.45) is 7.53. The summed E-state index contributed by atoms with van der Waals surface area (Å²) in [5, 5.41) is 10.7. The van der Waals surface area contributed by atoms with Crippen LogP contribution in [0.25, 0.3) is 0 Å². The highest BCUT2D eigenvalue weighted by Gasteiger charge is 2.51. The standard InChI is InChI=1S/C14H26O2/c1-13(10-16-3)8-11-6-4-5-7-12(11)9-14(13,2)15/h11-12,15H,4-10H2,1-3H3/t11-,12+,13+,14+/m0/s1. The zero-order valence-corrected chi connectivity index (χ0v) is 11.0. The third-order valence-corrected chi connectivity index (χ3v) is 5.20. The maximum absolute atomic E-state index is 10.7. The molecule has 2 rings (SSSR count). The maximum atomic E-state index is 10.7. The van der Waals surface area contributed by atoms with Crippen molar-refractivity contribution < 1.29 is 9.84 Å². The van der Waals surface area contributed by atoms with Crippen LogP contribution < -0.4 is 0 Å². The molecule has 0 bridgehead atoms. The Kier molecular flexibility index (Phi) is 3.33. The lowest BCUT2D eigenvalue weighted by molar-refractivity contribution is -0.155. The van der Waals surface area contributed by atoms with Crippen LogP contribution in [-0.4, -0.2) is 24.4 Å². The summed E-state index contributed by atoms with van der Waals surface area (Å²) in [4.78, 5) is 0. The van der Waals surface area contributed by atoms with E-state index in [1.807, 2.05) is 6.92 Å². The molecule has 2 aliphatic rings. The van der Waals surface area contributed by atoms with Gasteiger partial charge in [0.2, 0.25) is 0 Å². The minimum Gasteiger partial charge on any atom is -0.390 e. The van der Waals surface area contributed by atoms with Crippen LogP contribution in [0.3, 0.4) is 0 Å². The van der Waals surface area contributed by atoms with Gasteiger partial charge in [-0.15, -0.1) is 0 Å². The van der Waals surface area contributed by atoms with Crippen molar-refractivity contribution >= 4 is 0 Å². The Morgan fingerprint density at radius 1 is 1.12 bits per heavy atom. The Labute approximate surface area is 99.4 Å². The number of rotatable bonds is 2. The minimum absolute atomic E-state index is 0.0553. The fourth-order valence-electron chi connectivity index (χ4n) is 3.91. The zero-order chi connectivity index (χ0) is 11.8. The summed E-state index contributed by atoms with van der Waals surface area (Å²) >= 11 is 0. The molecular formula is C14H26O2. The second-order valence-electron chi connectivity index (χ2n) is 6.48. The van der Waals surface area contributed by atoms with Crippen molar-refractivity contribution in [1.29, 1.82) is 0 Å². The van der Waals surface area contributed by atoms with E-state index in [0.29, 0.717) is 6.61 Å². The van der Waals surface area contributed by atoms with Crippen LogP contribution in [0.5, 0.6) is 0 Å². The van der Waals surface area contributed by atoms with Crippen molar-refractivity contribution in [3.05, 3.63) is 0 Å². The van der Waals surface area contributed by atoms with E-state index in [0.717, 1.165) is 24.7 Å². The highest BCUT2D eigenvalue weighted by Crippen LogP contribution is 2.52. The lowest BCUT2D eigenvalue weighted by atomic mass is 9.55. The van der Waals surface area contributed by atoms with Gasteiger partial charge >= 0.3 is 0 Å². The highest BCUT2D eigenvalue weighted by molar-refractivity contribution is 5.02. The van der Waals surface area contributed by atoms with E-state index in [9.17, 15) is 5.11 Å². The Bertz CT molecular complexity index is 249. The summed E-state index contributed by atoms with van der Waals surface area (Å²) in [5.74, 6) is 1.59. The Hall–Kier alpha value is -0.0800. The van der Waals surface area contributed by atoms with E-state index in [-0.39, 0.29) is 5.41 Å². The van der Waals surface area contributed by atoms with Crippen LogP contribution in [0.4, 0.5) is 0 Å². The first-order valence-electron chi connectivity index (χ1n) is 6.70. The first-order valence-corrected chi connectivity index (χ1v) is 6.70. The molecule has 0 heterocycles. The molecule has 0 aromatic heterocycles. The molecule has 16 heavy (non-hydrogen) atoms. The first-order chi connectivity index (χ1) is 7.48. The normalized spacial score (nSPS) is 48.8. The van der Waals surface area contributed by atoms with Gasteiger partial charge in [-0.1, -0.05) is 32.6 Å². The van der Waals surface area contributed by atoms with Gasteiger partial charge in [-0.2, -0.15) is 0 Å². The summed E-state index contributed by atoms with van der Waals surface area (Å²) in [5.41, 5.74) is -0.609. The van der Waals surface area contributed by atoms with E-state index in [1.54, 1.807) is 7.11 Å². The van der Waals surface area contributed by atoms with Gasteiger partial charge in [0.05, 0.1) is 12.2 Å². The van der Waals surface area contributed by atoms with Crippen LogP contribution in [0, 0.1) is 17.3 Å². The van der Waals surface area contributed by atoms with Crippen molar-refractivity contribution in [1.82, 2.24) is 0 Å². The molecule has 0 unspecified atom stereocenters. The van der Waals surface area contributed by atoms with Crippen molar-refractivity contribution in [2.45, 2.75) is 58.0 Å². The monoisotopic (exact) mass is 226 g/mol. The number of ether oxygens (including phenoxy) is 1. The molecule has 0 saturated heterocycles. The van der Waals surface area contributed by atoms with E-state index in [1.165, 1.54) is 25.7 Å². The molecule has 0 aliphatic heterocycles. The number of hydrogen-bond donors (Lipinski definition) is 1. The molecule has 0 aromatic carbocycles. The molecule has 94 valence electrons. The SMILES string of the molecule is COC[C@@]1(C)C[C@@H]2CCCC[C@@H]2C[C@@]1(C)O. The van der Waals surface area contributed by atoms with Crippen LogP contribution in [0.2, 0.25) is 0 Å². The molecule has 2 heteroatoms. The van der Waals surface area contributed by atoms with Gasteiger partial charge in [0.1, 0.15) is 0 Å². The molecular weight excluding hydrogens is 200 g/mol. The van der Waals surface area contributed by atoms with E-state index in [2.05, 4.69) is 6.92 Å². The van der Waals surface area contributed by atoms with Crippen molar-refractivity contribution in [2.75, 3.05) is 13.7 Å². The summed E-state index contributed by atoms with van der Waals surface area (Å²) in [6.45, 7) is 4.89. The maximum Gasteiger partial charge on any atom is 0.0697 e. The van der Waals surface area contributed by atoms with Gasteiger partial charge in [0, 0.05) is 12.5 Å². The second-order valence-corrected chi connectivity index (χ2v) is 6.48. The first kappa shape index (κ1) is 12.4. The third kappa shape index (κ3) is 2.02. The van der Waals surface area contributed by atoms with Gasteiger partial charge in [-0.05, 0) is 31.6 Å². The molecule has 1 N–H and O–H groups in total. The Balaban J connectivity index is 2.14. The quantitative estimate of drug-likeness (QED) is 0.784. The molecule has 0 amide bonds. The van der Waals surface area contributed by atoms with Gasteiger partial charge in [0.25, 0.3) is 0 Å². The number of hydrogen-bond acceptors (Lipinski definition) is 2. The van der Waals surface area contributed by atoms with E-state index < -0.39 is 5.60 Å². The van der Waals surface area contributed by atoms with E-state index >= 15 is 0 Å². The highest BCUT2D eigenvalue weighted by atomic mass is 16.5. The topological polar surface area (TPSA) is 29.5 Å². The van der Waals surface area contributed by atoms with Crippen molar-refractivity contribution in [3.8, 4) is 0 Å². The van der Waals surface area contributed by atoms with Gasteiger partial charge in [0.15, 0.2) is 0 Å². The molecule has 2 aliphatic carbocycles. The average Bonchev–Trinajstić information content (AvgIpc) is 2.19. The lowest BCUT2D eigenvalue weighted by Gasteiger charge is -2.53. The summed E-state index contributed by atoms with van der Waals surface area (Å²) < 4.78 is 5.34. The summed E-state index contributed by atoms with van der Waals surface area (Å²) in [6, 6.07) is 0. The Morgan fingerprint density at radius 3 is 2.25 bits per heavy atom. The third-order valence-electron chi connectivity index (χ3n) is 5.20. The van der Waals surface area contributed by atoms with E-state index in [4.69, 9.17) is 4.74 Å². The minimum atomic E-state index is -0.554. The van der Waals surface area contributed by atoms with Crippen LogP contribution in [0.1, 0.15) is 52.4 Å². The zero-order valence-electron chi connectivity index (χ0n) is 11.0. The Morgan fingerprint density at radius 2 is 1.69 bits per heavy atom. The predicted molar refractivity (Wildman–Crippen MR) is 65.3 cm³/mol. The lowest BCUT2D eigenvalue weighted by Crippen LogP contribution is -2.54. The molecule has 0 radical (unpaired) electrons. The second kappa shape index (κ2) is 4.30. The molecule has 2 nitrogen and oxygen atoms in total. The largest absolute Gasteiger partial charge is 0.390 e. The van der Waals surface area contributed by atoms with Crippen LogP contribution in [-0.2, 0) is 4.74 Å². The number of aliphatic hydroxyl groups is 1. The van der Waals surface area contributed by atoms with Gasteiger partial charge in [-0.25, -0.2) is 0 Å². The van der Waals surface area contributed by atoms with Gasteiger partial charge < -0.3 is 9.84 Å². The summed E-state index contributed by atoms with van der Waals surface area (Å²) in [7, 11) is 1.74. The predicted octanol–water partition coefficient (Wildman–Crippen LogP) is 2.99. The van der Waals surface area contributed by atoms with Gasteiger partial charge in [-0.3, -0.25) is 0 Å². The average molecular weight is 226 g/mol. The van der Waals surface area contributed by atoms with Crippen LogP contribution in [0.15, 0.2) is 0 Å². The smallest absolute Gasteiger partial charge is 0.0697 e. The number of fused-ring (bicyclic) bond motifs is 1. The fraction of sp³-hybridized carbons (Fsp3) is 1.00. The van der Waals surface area contributed by atoms with Crippen molar-refractivity contribution in [2.24, 2.45) is 17.3 Å².